The SMILES string of the molecule is Cc1cccc(CNCC2CC(O)C2)c1O. The van der Waals surface area contributed by atoms with Gasteiger partial charge in [-0.3, -0.25) is 0 Å². The van der Waals surface area contributed by atoms with E-state index in [4.69, 9.17) is 5.11 Å². The summed E-state index contributed by atoms with van der Waals surface area (Å²) in [5.41, 5.74) is 1.86. The van der Waals surface area contributed by atoms with E-state index >= 15 is 0 Å². The average molecular weight is 221 g/mol. The number of aromatic hydroxyl groups is 1. The van der Waals surface area contributed by atoms with Crippen molar-refractivity contribution in [3.8, 4) is 5.75 Å². The summed E-state index contributed by atoms with van der Waals surface area (Å²) in [4.78, 5) is 0. The highest BCUT2D eigenvalue weighted by Gasteiger charge is 2.26. The Bertz CT molecular complexity index is 359. The van der Waals surface area contributed by atoms with Crippen molar-refractivity contribution >= 4 is 0 Å². The maximum absolute atomic E-state index is 9.80. The maximum Gasteiger partial charge on any atom is 0.122 e. The van der Waals surface area contributed by atoms with Gasteiger partial charge in [-0.15, -0.1) is 0 Å². The number of phenols is 1. The Morgan fingerprint density at radius 1 is 1.38 bits per heavy atom. The number of aliphatic hydroxyl groups is 1. The van der Waals surface area contributed by atoms with Gasteiger partial charge in [0.2, 0.25) is 0 Å². The quantitative estimate of drug-likeness (QED) is 0.723. The molecule has 1 aromatic carbocycles. The van der Waals surface area contributed by atoms with E-state index in [9.17, 15) is 5.11 Å². The number of nitrogens with one attached hydrogen (secondary N) is 1. The Balaban J connectivity index is 1.79. The monoisotopic (exact) mass is 221 g/mol. The van der Waals surface area contributed by atoms with Crippen LogP contribution in [0.1, 0.15) is 24.0 Å². The van der Waals surface area contributed by atoms with Crippen LogP contribution >= 0.6 is 0 Å². The molecule has 0 saturated heterocycles. The van der Waals surface area contributed by atoms with Crippen LogP contribution in [0, 0.1) is 12.8 Å². The number of hydrogen-bond donors (Lipinski definition) is 3. The summed E-state index contributed by atoms with van der Waals surface area (Å²) in [5.74, 6) is 0.991. The molecule has 2 rings (SSSR count). The van der Waals surface area contributed by atoms with Gasteiger partial charge in [-0.2, -0.15) is 0 Å². The van der Waals surface area contributed by atoms with Crippen LogP contribution in [0.3, 0.4) is 0 Å². The molecule has 0 unspecified atom stereocenters. The molecule has 88 valence electrons. The minimum atomic E-state index is -0.0841. The topological polar surface area (TPSA) is 52.5 Å². The van der Waals surface area contributed by atoms with Crippen molar-refractivity contribution in [3.05, 3.63) is 29.3 Å². The number of hydrogen-bond acceptors (Lipinski definition) is 3. The Hall–Kier alpha value is -1.06. The van der Waals surface area contributed by atoms with E-state index in [1.165, 1.54) is 0 Å². The van der Waals surface area contributed by atoms with E-state index in [2.05, 4.69) is 5.32 Å². The van der Waals surface area contributed by atoms with E-state index < -0.39 is 0 Å². The number of aliphatic hydroxyl groups excluding tert-OH is 1. The maximum atomic E-state index is 9.80. The standard InChI is InChI=1S/C13H19NO2/c1-9-3-2-4-11(13(9)16)8-14-7-10-5-12(15)6-10/h2-4,10,12,14-16H,5-8H2,1H3. The van der Waals surface area contributed by atoms with Crippen molar-refractivity contribution in [1.29, 1.82) is 0 Å². The first-order valence-corrected chi connectivity index (χ1v) is 5.83. The molecule has 0 atom stereocenters. The Morgan fingerprint density at radius 3 is 2.81 bits per heavy atom. The number of para-hydroxylation sites is 1. The molecular formula is C13H19NO2. The molecule has 3 nitrogen and oxygen atoms in total. The van der Waals surface area contributed by atoms with Crippen molar-refractivity contribution in [2.24, 2.45) is 5.92 Å². The molecule has 0 aromatic heterocycles. The zero-order chi connectivity index (χ0) is 11.5. The first kappa shape index (κ1) is 11.4. The summed E-state index contributed by atoms with van der Waals surface area (Å²) in [7, 11) is 0. The molecule has 1 fully saturated rings. The zero-order valence-corrected chi connectivity index (χ0v) is 9.61. The van der Waals surface area contributed by atoms with Crippen LogP contribution in [0.15, 0.2) is 18.2 Å². The number of aryl methyl sites for hydroxylation is 1. The van der Waals surface area contributed by atoms with Crippen molar-refractivity contribution in [3.63, 3.8) is 0 Å². The van der Waals surface area contributed by atoms with Gasteiger partial charge in [-0.05, 0) is 37.8 Å². The Kier molecular flexibility index (Phi) is 3.46. The van der Waals surface area contributed by atoms with Gasteiger partial charge >= 0.3 is 0 Å². The van der Waals surface area contributed by atoms with Gasteiger partial charge in [0.1, 0.15) is 5.75 Å². The van der Waals surface area contributed by atoms with Gasteiger partial charge in [-0.25, -0.2) is 0 Å². The van der Waals surface area contributed by atoms with Gasteiger partial charge in [0, 0.05) is 12.1 Å². The highest BCUT2D eigenvalue weighted by atomic mass is 16.3. The normalized spacial score (nSPS) is 24.1. The molecule has 0 heterocycles. The van der Waals surface area contributed by atoms with Crippen LogP contribution in [-0.4, -0.2) is 22.9 Å². The minimum Gasteiger partial charge on any atom is -0.507 e. The number of phenolic OH excluding ortho intramolecular Hbond substituents is 1. The van der Waals surface area contributed by atoms with Gasteiger partial charge in [0.05, 0.1) is 6.10 Å². The predicted octanol–water partition coefficient (Wildman–Crippen LogP) is 1.56. The van der Waals surface area contributed by atoms with Crippen LogP contribution in [0.4, 0.5) is 0 Å². The summed E-state index contributed by atoms with van der Waals surface area (Å²) < 4.78 is 0. The lowest BCUT2D eigenvalue weighted by atomic mass is 9.82. The highest BCUT2D eigenvalue weighted by Crippen LogP contribution is 2.26. The molecule has 0 bridgehead atoms. The van der Waals surface area contributed by atoms with Crippen molar-refractivity contribution in [2.75, 3.05) is 6.54 Å². The van der Waals surface area contributed by atoms with E-state index in [0.717, 1.165) is 30.5 Å². The number of benzene rings is 1. The van der Waals surface area contributed by atoms with Crippen LogP contribution in [0.5, 0.6) is 5.75 Å². The smallest absolute Gasteiger partial charge is 0.122 e. The van der Waals surface area contributed by atoms with Crippen molar-refractivity contribution < 1.29 is 10.2 Å². The third-order valence-corrected chi connectivity index (χ3v) is 3.28. The molecule has 1 aliphatic rings. The number of rotatable bonds is 4. The lowest BCUT2D eigenvalue weighted by Crippen LogP contribution is -2.35. The van der Waals surface area contributed by atoms with Gasteiger partial charge < -0.3 is 15.5 Å². The second-order valence-electron chi connectivity index (χ2n) is 4.70. The molecule has 0 spiro atoms. The average Bonchev–Trinajstić information content (AvgIpc) is 2.21. The van der Waals surface area contributed by atoms with E-state index in [1.54, 1.807) is 0 Å². The summed E-state index contributed by atoms with van der Waals surface area (Å²) in [6.07, 6.45) is 1.73. The molecule has 3 N–H and O–H groups in total. The second-order valence-corrected chi connectivity index (χ2v) is 4.70. The lowest BCUT2D eigenvalue weighted by Gasteiger charge is -2.31. The first-order chi connectivity index (χ1) is 7.66. The van der Waals surface area contributed by atoms with Crippen LogP contribution in [0.2, 0.25) is 0 Å². The predicted molar refractivity (Wildman–Crippen MR) is 63.3 cm³/mol. The van der Waals surface area contributed by atoms with Crippen LogP contribution < -0.4 is 5.32 Å². The third kappa shape index (κ3) is 2.54. The molecular weight excluding hydrogens is 202 g/mol. The molecule has 1 saturated carbocycles. The Labute approximate surface area is 96.1 Å². The van der Waals surface area contributed by atoms with Crippen LogP contribution in [-0.2, 0) is 6.54 Å². The summed E-state index contributed by atoms with van der Waals surface area (Å²) in [6, 6.07) is 5.80. The molecule has 3 heteroatoms. The summed E-state index contributed by atoms with van der Waals surface area (Å²) in [5, 5.41) is 22.3. The lowest BCUT2D eigenvalue weighted by molar-refractivity contribution is 0.0429. The largest absolute Gasteiger partial charge is 0.507 e. The van der Waals surface area contributed by atoms with Gasteiger partial charge in [0.25, 0.3) is 0 Å². The molecule has 0 radical (unpaired) electrons. The molecule has 0 aliphatic heterocycles. The fraction of sp³-hybridized carbons (Fsp3) is 0.538. The minimum absolute atomic E-state index is 0.0841. The zero-order valence-electron chi connectivity index (χ0n) is 9.61. The first-order valence-electron chi connectivity index (χ1n) is 5.83. The molecule has 16 heavy (non-hydrogen) atoms. The molecule has 1 aliphatic carbocycles. The summed E-state index contributed by atoms with van der Waals surface area (Å²) >= 11 is 0. The van der Waals surface area contributed by atoms with Gasteiger partial charge in [0.15, 0.2) is 0 Å². The molecule has 0 amide bonds. The molecule has 1 aromatic rings. The Morgan fingerprint density at radius 2 is 2.12 bits per heavy atom. The highest BCUT2D eigenvalue weighted by molar-refractivity contribution is 5.39. The summed E-state index contributed by atoms with van der Waals surface area (Å²) in [6.45, 7) is 3.52. The second kappa shape index (κ2) is 4.85. The van der Waals surface area contributed by atoms with E-state index in [-0.39, 0.29) is 6.10 Å². The fourth-order valence-corrected chi connectivity index (χ4v) is 2.14. The van der Waals surface area contributed by atoms with E-state index in [0.29, 0.717) is 18.2 Å². The van der Waals surface area contributed by atoms with Crippen LogP contribution in [0.25, 0.3) is 0 Å². The van der Waals surface area contributed by atoms with Crippen molar-refractivity contribution in [1.82, 2.24) is 5.32 Å². The van der Waals surface area contributed by atoms with E-state index in [1.807, 2.05) is 25.1 Å². The van der Waals surface area contributed by atoms with Gasteiger partial charge in [-0.1, -0.05) is 18.2 Å². The van der Waals surface area contributed by atoms with Crippen molar-refractivity contribution in [2.45, 2.75) is 32.4 Å². The third-order valence-electron chi connectivity index (χ3n) is 3.28. The fourth-order valence-electron chi connectivity index (χ4n) is 2.14.